The Morgan fingerprint density at radius 1 is 0.788 bits per heavy atom. The molecule has 4 rings (SSSR count). The molecule has 0 radical (unpaired) electrons. The second-order valence-corrected chi connectivity index (χ2v) is 9.98. The average molecular weight is 459 g/mol. The van der Waals surface area contributed by atoms with E-state index in [1.165, 1.54) is 6.07 Å². The molecule has 4 aromatic carbocycles. The molecular weight excluding hydrogens is 432 g/mol. The van der Waals surface area contributed by atoms with Crippen molar-refractivity contribution in [3.63, 3.8) is 0 Å². The molecular formula is C27H26N2O3S. The first-order chi connectivity index (χ1) is 15.7. The second kappa shape index (κ2) is 9.08. The Balaban J connectivity index is 1.53. The van der Waals surface area contributed by atoms with Gasteiger partial charge in [-0.15, -0.1) is 0 Å². The van der Waals surface area contributed by atoms with E-state index in [9.17, 15) is 13.2 Å². The highest BCUT2D eigenvalue weighted by atomic mass is 32.2. The normalized spacial score (nSPS) is 11.4. The van der Waals surface area contributed by atoms with Crippen LogP contribution in [-0.2, 0) is 16.6 Å². The van der Waals surface area contributed by atoms with Gasteiger partial charge in [0.1, 0.15) is 0 Å². The quantitative estimate of drug-likeness (QED) is 0.401. The summed E-state index contributed by atoms with van der Waals surface area (Å²) in [6.45, 7) is 5.89. The minimum atomic E-state index is -3.85. The summed E-state index contributed by atoms with van der Waals surface area (Å²) in [5, 5.41) is 5.13. The van der Waals surface area contributed by atoms with Crippen LogP contribution in [0.1, 0.15) is 32.6 Å². The number of amides is 1. The molecule has 0 fully saturated rings. The molecule has 0 aliphatic rings. The summed E-state index contributed by atoms with van der Waals surface area (Å²) in [4.78, 5) is 12.9. The van der Waals surface area contributed by atoms with Gasteiger partial charge in [0.2, 0.25) is 0 Å². The Bertz CT molecular complexity index is 1440. The van der Waals surface area contributed by atoms with Crippen molar-refractivity contribution < 1.29 is 13.2 Å². The maximum absolute atomic E-state index is 13.1. The van der Waals surface area contributed by atoms with Gasteiger partial charge in [-0.2, -0.15) is 0 Å². The van der Waals surface area contributed by atoms with E-state index in [0.29, 0.717) is 23.4 Å². The van der Waals surface area contributed by atoms with Crippen LogP contribution in [0.5, 0.6) is 0 Å². The van der Waals surface area contributed by atoms with E-state index < -0.39 is 10.0 Å². The van der Waals surface area contributed by atoms with E-state index in [0.717, 1.165) is 27.5 Å². The summed E-state index contributed by atoms with van der Waals surface area (Å²) in [6.07, 6.45) is 0. The highest BCUT2D eigenvalue weighted by molar-refractivity contribution is 7.92. The van der Waals surface area contributed by atoms with Crippen molar-refractivity contribution in [1.29, 1.82) is 0 Å². The van der Waals surface area contributed by atoms with Gasteiger partial charge in [0.15, 0.2) is 0 Å². The third-order valence-electron chi connectivity index (χ3n) is 5.48. The minimum absolute atomic E-state index is 0.0833. The van der Waals surface area contributed by atoms with Crippen LogP contribution in [0.25, 0.3) is 10.8 Å². The first-order valence-corrected chi connectivity index (χ1v) is 12.2. The molecule has 0 aliphatic carbocycles. The Labute approximate surface area is 194 Å². The molecule has 0 bridgehead atoms. The summed E-state index contributed by atoms with van der Waals surface area (Å²) in [5.74, 6) is -0.328. The number of sulfonamides is 1. The van der Waals surface area contributed by atoms with Crippen LogP contribution in [0.15, 0.2) is 83.8 Å². The lowest BCUT2D eigenvalue weighted by molar-refractivity contribution is 0.0950. The average Bonchev–Trinajstić information content (AvgIpc) is 2.76. The molecule has 5 nitrogen and oxygen atoms in total. The lowest BCUT2D eigenvalue weighted by Gasteiger charge is -2.13. The summed E-state index contributed by atoms with van der Waals surface area (Å²) < 4.78 is 28.8. The molecule has 0 unspecified atom stereocenters. The summed E-state index contributed by atoms with van der Waals surface area (Å²) in [7, 11) is -3.85. The Kier molecular flexibility index (Phi) is 6.20. The third kappa shape index (κ3) is 5.23. The molecule has 0 saturated heterocycles. The van der Waals surface area contributed by atoms with Gasteiger partial charge in [-0.1, -0.05) is 48.5 Å². The number of hydrogen-bond acceptors (Lipinski definition) is 3. The van der Waals surface area contributed by atoms with E-state index >= 15 is 0 Å². The third-order valence-corrected chi connectivity index (χ3v) is 7.00. The van der Waals surface area contributed by atoms with Crippen molar-refractivity contribution in [1.82, 2.24) is 5.32 Å². The zero-order valence-corrected chi connectivity index (χ0v) is 19.7. The number of hydrogen-bond donors (Lipinski definition) is 2. The van der Waals surface area contributed by atoms with Crippen molar-refractivity contribution in [2.45, 2.75) is 32.2 Å². The lowest BCUT2D eigenvalue weighted by Crippen LogP contribution is -2.23. The number of aryl methyl sites for hydroxylation is 3. The molecule has 0 aliphatic heterocycles. The predicted octanol–water partition coefficient (Wildman–Crippen LogP) is 5.50. The Morgan fingerprint density at radius 2 is 1.48 bits per heavy atom. The molecule has 0 heterocycles. The van der Waals surface area contributed by atoms with Gasteiger partial charge in [-0.3, -0.25) is 9.52 Å². The van der Waals surface area contributed by atoms with Crippen molar-refractivity contribution in [2.24, 2.45) is 0 Å². The molecule has 6 heteroatoms. The molecule has 0 aromatic heterocycles. The second-order valence-electron chi connectivity index (χ2n) is 8.33. The van der Waals surface area contributed by atoms with Gasteiger partial charge in [0, 0.05) is 17.8 Å². The summed E-state index contributed by atoms with van der Waals surface area (Å²) >= 11 is 0. The van der Waals surface area contributed by atoms with E-state index in [1.54, 1.807) is 31.2 Å². The molecule has 2 N–H and O–H groups in total. The number of carbonyl (C=O) groups excluding carboxylic acids is 1. The monoisotopic (exact) mass is 458 g/mol. The SMILES string of the molecule is Cc1cc(C)cc(NS(=O)(=O)c2cc(C(=O)NCc3ccc4ccccc4c3)ccc2C)c1. The Hall–Kier alpha value is -3.64. The van der Waals surface area contributed by atoms with Crippen LogP contribution in [0.3, 0.4) is 0 Å². The maximum Gasteiger partial charge on any atom is 0.262 e. The zero-order chi connectivity index (χ0) is 23.6. The molecule has 4 aromatic rings. The molecule has 168 valence electrons. The van der Waals surface area contributed by atoms with Crippen LogP contribution in [-0.4, -0.2) is 14.3 Å². The molecule has 1 amide bonds. The van der Waals surface area contributed by atoms with Crippen LogP contribution in [0.4, 0.5) is 5.69 Å². The van der Waals surface area contributed by atoms with Crippen molar-refractivity contribution in [2.75, 3.05) is 4.72 Å². The van der Waals surface area contributed by atoms with Crippen molar-refractivity contribution in [3.05, 3.63) is 107 Å². The number of rotatable bonds is 6. The van der Waals surface area contributed by atoms with Crippen molar-refractivity contribution >= 4 is 32.4 Å². The number of carbonyl (C=O) groups is 1. The largest absolute Gasteiger partial charge is 0.348 e. The summed E-state index contributed by atoms with van der Waals surface area (Å²) in [5.41, 5.74) is 4.26. The van der Waals surface area contributed by atoms with Gasteiger partial charge < -0.3 is 5.32 Å². The predicted molar refractivity (Wildman–Crippen MR) is 133 cm³/mol. The Morgan fingerprint density at radius 3 is 2.21 bits per heavy atom. The number of benzene rings is 4. The van der Waals surface area contributed by atoms with Gasteiger partial charge in [-0.25, -0.2) is 8.42 Å². The highest BCUT2D eigenvalue weighted by Gasteiger charge is 2.19. The fraction of sp³-hybridized carbons (Fsp3) is 0.148. The van der Waals surface area contributed by atoms with Gasteiger partial charge in [0.25, 0.3) is 15.9 Å². The number of nitrogens with one attached hydrogen (secondary N) is 2. The molecule has 33 heavy (non-hydrogen) atoms. The fourth-order valence-electron chi connectivity index (χ4n) is 3.91. The van der Waals surface area contributed by atoms with Gasteiger partial charge in [-0.05, 0) is 84.1 Å². The standard InChI is InChI=1S/C27H26N2O3S/c1-18-12-19(2)14-25(13-18)29-33(31,32)26-16-24(10-8-20(26)3)27(30)28-17-21-9-11-22-6-4-5-7-23(22)15-21/h4-16,29H,17H2,1-3H3,(H,28,30). The minimum Gasteiger partial charge on any atom is -0.348 e. The first-order valence-electron chi connectivity index (χ1n) is 10.7. The number of anilines is 1. The van der Waals surface area contributed by atoms with E-state index in [4.69, 9.17) is 0 Å². The molecule has 0 spiro atoms. The van der Waals surface area contributed by atoms with E-state index in [-0.39, 0.29) is 10.8 Å². The van der Waals surface area contributed by atoms with Crippen LogP contribution in [0, 0.1) is 20.8 Å². The zero-order valence-electron chi connectivity index (χ0n) is 18.8. The van der Waals surface area contributed by atoms with Crippen LogP contribution >= 0.6 is 0 Å². The lowest BCUT2D eigenvalue weighted by atomic mass is 10.1. The van der Waals surface area contributed by atoms with Crippen molar-refractivity contribution in [3.8, 4) is 0 Å². The van der Waals surface area contributed by atoms with Gasteiger partial charge >= 0.3 is 0 Å². The van der Waals surface area contributed by atoms with Crippen LogP contribution < -0.4 is 10.0 Å². The molecule has 0 saturated carbocycles. The van der Waals surface area contributed by atoms with E-state index in [2.05, 4.69) is 10.0 Å². The maximum atomic E-state index is 13.1. The smallest absolute Gasteiger partial charge is 0.262 e. The van der Waals surface area contributed by atoms with E-state index in [1.807, 2.05) is 62.4 Å². The van der Waals surface area contributed by atoms with Crippen LogP contribution in [0.2, 0.25) is 0 Å². The van der Waals surface area contributed by atoms with Gasteiger partial charge in [0.05, 0.1) is 4.90 Å². The topological polar surface area (TPSA) is 75.3 Å². The number of fused-ring (bicyclic) bond motifs is 1. The summed E-state index contributed by atoms with van der Waals surface area (Å²) in [6, 6.07) is 24.3. The molecule has 0 atom stereocenters. The fourth-order valence-corrected chi connectivity index (χ4v) is 5.22. The highest BCUT2D eigenvalue weighted by Crippen LogP contribution is 2.23. The first kappa shape index (κ1) is 22.6.